The summed E-state index contributed by atoms with van der Waals surface area (Å²) in [5.41, 5.74) is 0.888. The number of nitrogens with one attached hydrogen (secondary N) is 1. The van der Waals surface area contributed by atoms with Crippen molar-refractivity contribution in [1.29, 1.82) is 0 Å². The highest BCUT2D eigenvalue weighted by Gasteiger charge is 2.38. The predicted molar refractivity (Wildman–Crippen MR) is 93.2 cm³/mol. The SMILES string of the molecule is Cc1ncc(C(=O)NC2CC2)c(C2CCCCN2S(=O)(=O)N(C)C)n1. The Labute approximate surface area is 148 Å². The van der Waals surface area contributed by atoms with Crippen molar-refractivity contribution in [3.63, 3.8) is 0 Å². The molecule has 0 bridgehead atoms. The number of aryl methyl sites for hydroxylation is 1. The summed E-state index contributed by atoms with van der Waals surface area (Å²) in [5.74, 6) is 0.316. The first-order valence-corrected chi connectivity index (χ1v) is 10.0. The van der Waals surface area contributed by atoms with E-state index in [0.717, 1.165) is 25.7 Å². The van der Waals surface area contributed by atoms with Crippen LogP contribution in [-0.4, -0.2) is 59.6 Å². The number of carbonyl (C=O) groups is 1. The highest BCUT2D eigenvalue weighted by Crippen LogP contribution is 2.34. The molecule has 1 aromatic rings. The zero-order chi connectivity index (χ0) is 18.2. The first-order valence-electron chi connectivity index (χ1n) is 8.64. The van der Waals surface area contributed by atoms with Gasteiger partial charge in [0.1, 0.15) is 5.82 Å². The van der Waals surface area contributed by atoms with Gasteiger partial charge in [-0.25, -0.2) is 9.97 Å². The van der Waals surface area contributed by atoms with Crippen LogP contribution in [0.4, 0.5) is 0 Å². The molecule has 138 valence electrons. The molecular formula is C16H25N5O3S. The zero-order valence-electron chi connectivity index (χ0n) is 14.9. The molecule has 0 aromatic carbocycles. The molecule has 1 saturated carbocycles. The molecule has 25 heavy (non-hydrogen) atoms. The Bertz CT molecular complexity index is 761. The van der Waals surface area contributed by atoms with Gasteiger partial charge < -0.3 is 5.32 Å². The van der Waals surface area contributed by atoms with Crippen LogP contribution in [0.2, 0.25) is 0 Å². The van der Waals surface area contributed by atoms with E-state index in [2.05, 4.69) is 15.3 Å². The number of carbonyl (C=O) groups excluding carboxylic acids is 1. The van der Waals surface area contributed by atoms with Gasteiger partial charge in [-0.2, -0.15) is 17.0 Å². The van der Waals surface area contributed by atoms with E-state index < -0.39 is 16.3 Å². The topological polar surface area (TPSA) is 95.5 Å². The number of rotatable bonds is 5. The van der Waals surface area contributed by atoms with E-state index >= 15 is 0 Å². The van der Waals surface area contributed by atoms with Crippen LogP contribution in [0.3, 0.4) is 0 Å². The van der Waals surface area contributed by atoms with Crippen molar-refractivity contribution in [2.45, 2.75) is 51.1 Å². The largest absolute Gasteiger partial charge is 0.349 e. The number of nitrogens with zero attached hydrogens (tertiary/aromatic N) is 4. The van der Waals surface area contributed by atoms with Crippen molar-refractivity contribution in [2.24, 2.45) is 0 Å². The Morgan fingerprint density at radius 1 is 1.28 bits per heavy atom. The maximum absolute atomic E-state index is 12.7. The van der Waals surface area contributed by atoms with Gasteiger partial charge in [0.25, 0.3) is 16.1 Å². The molecule has 1 saturated heterocycles. The highest BCUT2D eigenvalue weighted by molar-refractivity contribution is 7.86. The second-order valence-electron chi connectivity index (χ2n) is 6.88. The summed E-state index contributed by atoms with van der Waals surface area (Å²) in [7, 11) is -0.547. The van der Waals surface area contributed by atoms with E-state index in [1.807, 2.05) is 0 Å². The lowest BCUT2D eigenvalue weighted by Gasteiger charge is -2.36. The summed E-state index contributed by atoms with van der Waals surface area (Å²) in [5, 5.41) is 2.95. The van der Waals surface area contributed by atoms with E-state index in [1.165, 1.54) is 28.9 Å². The van der Waals surface area contributed by atoms with Gasteiger partial charge in [0.15, 0.2) is 0 Å². The average Bonchev–Trinajstić information content (AvgIpc) is 3.38. The number of hydrogen-bond acceptors (Lipinski definition) is 5. The molecule has 1 aliphatic carbocycles. The third-order valence-electron chi connectivity index (χ3n) is 4.62. The molecular weight excluding hydrogens is 342 g/mol. The quantitative estimate of drug-likeness (QED) is 0.838. The van der Waals surface area contributed by atoms with Crippen LogP contribution in [-0.2, 0) is 10.2 Å². The Balaban J connectivity index is 2.00. The number of amides is 1. The molecule has 2 heterocycles. The van der Waals surface area contributed by atoms with Gasteiger partial charge >= 0.3 is 0 Å². The summed E-state index contributed by atoms with van der Waals surface area (Å²) in [6, 6.07) is -0.225. The van der Waals surface area contributed by atoms with E-state index in [0.29, 0.717) is 30.0 Å². The fourth-order valence-corrected chi connectivity index (χ4v) is 4.38. The summed E-state index contributed by atoms with van der Waals surface area (Å²) in [4.78, 5) is 21.2. The molecule has 1 unspecified atom stereocenters. The normalized spacial score (nSPS) is 22.2. The monoisotopic (exact) mass is 367 g/mol. The van der Waals surface area contributed by atoms with Crippen LogP contribution in [0.15, 0.2) is 6.20 Å². The van der Waals surface area contributed by atoms with Crippen molar-refractivity contribution in [3.8, 4) is 0 Å². The van der Waals surface area contributed by atoms with Gasteiger partial charge in [-0.15, -0.1) is 0 Å². The van der Waals surface area contributed by atoms with Gasteiger partial charge in [-0.05, 0) is 32.6 Å². The lowest BCUT2D eigenvalue weighted by molar-refractivity contribution is 0.0946. The standard InChI is InChI=1S/C16H25N5O3S/c1-11-17-10-13(16(22)19-12-7-8-12)15(18-11)14-6-4-5-9-21(14)25(23,24)20(2)3/h10,12,14H,4-9H2,1-3H3,(H,19,22). The Kier molecular flexibility index (Phi) is 5.08. The smallest absolute Gasteiger partial charge is 0.282 e. The minimum Gasteiger partial charge on any atom is -0.349 e. The average molecular weight is 367 g/mol. The maximum atomic E-state index is 12.7. The third kappa shape index (κ3) is 3.83. The molecule has 9 heteroatoms. The number of hydrogen-bond donors (Lipinski definition) is 1. The summed E-state index contributed by atoms with van der Waals surface area (Å²) in [6.07, 6.45) is 5.84. The predicted octanol–water partition coefficient (Wildman–Crippen LogP) is 1.01. The minimum atomic E-state index is -3.59. The van der Waals surface area contributed by atoms with Crippen molar-refractivity contribution < 1.29 is 13.2 Å². The van der Waals surface area contributed by atoms with Gasteiger partial charge in [0, 0.05) is 32.9 Å². The lowest BCUT2D eigenvalue weighted by atomic mass is 9.98. The van der Waals surface area contributed by atoms with Crippen LogP contribution < -0.4 is 5.32 Å². The number of piperidine rings is 1. The maximum Gasteiger partial charge on any atom is 0.282 e. The molecule has 0 radical (unpaired) electrons. The van der Waals surface area contributed by atoms with Crippen molar-refractivity contribution in [2.75, 3.05) is 20.6 Å². The summed E-state index contributed by atoms with van der Waals surface area (Å²) >= 11 is 0. The van der Waals surface area contributed by atoms with Crippen molar-refractivity contribution >= 4 is 16.1 Å². The van der Waals surface area contributed by atoms with Crippen LogP contribution in [0, 0.1) is 6.92 Å². The minimum absolute atomic E-state index is 0.217. The second-order valence-corrected chi connectivity index (χ2v) is 8.97. The highest BCUT2D eigenvalue weighted by atomic mass is 32.2. The Morgan fingerprint density at radius 3 is 2.64 bits per heavy atom. The van der Waals surface area contributed by atoms with Crippen LogP contribution in [0.5, 0.6) is 0 Å². The molecule has 3 rings (SSSR count). The van der Waals surface area contributed by atoms with Gasteiger partial charge in [-0.1, -0.05) is 6.42 Å². The fraction of sp³-hybridized carbons (Fsp3) is 0.688. The van der Waals surface area contributed by atoms with Crippen LogP contribution in [0.1, 0.15) is 60.0 Å². The van der Waals surface area contributed by atoms with E-state index in [-0.39, 0.29) is 11.9 Å². The molecule has 1 aliphatic heterocycles. The first kappa shape index (κ1) is 18.2. The third-order valence-corrected chi connectivity index (χ3v) is 6.58. The van der Waals surface area contributed by atoms with Gasteiger partial charge in [-0.3, -0.25) is 4.79 Å². The summed E-state index contributed by atoms with van der Waals surface area (Å²) < 4.78 is 28.1. The molecule has 1 aromatic heterocycles. The molecule has 1 N–H and O–H groups in total. The van der Waals surface area contributed by atoms with Crippen LogP contribution in [0.25, 0.3) is 0 Å². The van der Waals surface area contributed by atoms with Crippen molar-refractivity contribution in [3.05, 3.63) is 23.3 Å². The van der Waals surface area contributed by atoms with Crippen molar-refractivity contribution in [1.82, 2.24) is 23.9 Å². The van der Waals surface area contributed by atoms with E-state index in [1.54, 1.807) is 6.92 Å². The molecule has 8 nitrogen and oxygen atoms in total. The Hall–Kier alpha value is -1.58. The molecule has 2 fully saturated rings. The summed E-state index contributed by atoms with van der Waals surface area (Å²) in [6.45, 7) is 2.18. The molecule has 2 aliphatic rings. The van der Waals surface area contributed by atoms with Gasteiger partial charge in [0.05, 0.1) is 17.3 Å². The lowest BCUT2D eigenvalue weighted by Crippen LogP contribution is -2.45. The van der Waals surface area contributed by atoms with Crippen LogP contribution >= 0.6 is 0 Å². The second kappa shape index (κ2) is 6.97. The zero-order valence-corrected chi connectivity index (χ0v) is 15.7. The first-order chi connectivity index (χ1) is 11.8. The molecule has 1 atom stereocenters. The van der Waals surface area contributed by atoms with E-state index in [9.17, 15) is 13.2 Å². The Morgan fingerprint density at radius 2 is 2.00 bits per heavy atom. The van der Waals surface area contributed by atoms with Gasteiger partial charge in [0.2, 0.25) is 0 Å². The fourth-order valence-electron chi connectivity index (χ4n) is 3.07. The number of aromatic nitrogens is 2. The molecule has 0 spiro atoms. The van der Waals surface area contributed by atoms with E-state index in [4.69, 9.17) is 0 Å². The molecule has 1 amide bonds.